The number of benzene rings is 1. The van der Waals surface area contributed by atoms with Gasteiger partial charge in [0.05, 0.1) is 26.0 Å². The first-order valence-electron chi connectivity index (χ1n) is 9.30. The summed E-state index contributed by atoms with van der Waals surface area (Å²) < 4.78 is 7.73. The van der Waals surface area contributed by atoms with Gasteiger partial charge < -0.3 is 15.4 Å². The SMILES string of the molecule is CCNC(=NCC(C)COCc1ccccc1)NCCn1cc(C)cn1. The van der Waals surface area contributed by atoms with Gasteiger partial charge in [-0.25, -0.2) is 0 Å². The molecule has 0 aliphatic carbocycles. The van der Waals surface area contributed by atoms with Crippen LogP contribution in [0.15, 0.2) is 47.7 Å². The van der Waals surface area contributed by atoms with Crippen molar-refractivity contribution in [2.45, 2.75) is 33.9 Å². The number of nitrogens with one attached hydrogen (secondary N) is 2. The second-order valence-electron chi connectivity index (χ2n) is 6.53. The molecule has 0 fully saturated rings. The molecule has 1 heterocycles. The summed E-state index contributed by atoms with van der Waals surface area (Å²) in [5.41, 5.74) is 2.38. The van der Waals surface area contributed by atoms with E-state index in [9.17, 15) is 0 Å². The van der Waals surface area contributed by atoms with Crippen LogP contribution in [-0.2, 0) is 17.9 Å². The molecule has 2 rings (SSSR count). The van der Waals surface area contributed by atoms with Crippen LogP contribution in [0.3, 0.4) is 0 Å². The van der Waals surface area contributed by atoms with Crippen LogP contribution in [0.4, 0.5) is 0 Å². The van der Waals surface area contributed by atoms with Crippen molar-refractivity contribution in [3.8, 4) is 0 Å². The van der Waals surface area contributed by atoms with Gasteiger partial charge >= 0.3 is 0 Å². The van der Waals surface area contributed by atoms with Crippen LogP contribution in [0.25, 0.3) is 0 Å². The summed E-state index contributed by atoms with van der Waals surface area (Å²) >= 11 is 0. The van der Waals surface area contributed by atoms with Gasteiger partial charge in [0.25, 0.3) is 0 Å². The number of hydrogen-bond donors (Lipinski definition) is 2. The van der Waals surface area contributed by atoms with Crippen molar-refractivity contribution in [2.24, 2.45) is 10.9 Å². The Bertz CT molecular complexity index is 653. The normalized spacial score (nSPS) is 12.8. The quantitative estimate of drug-likeness (QED) is 0.507. The monoisotopic (exact) mass is 357 g/mol. The lowest BCUT2D eigenvalue weighted by Crippen LogP contribution is -2.39. The maximum absolute atomic E-state index is 5.79. The van der Waals surface area contributed by atoms with E-state index in [4.69, 9.17) is 4.74 Å². The van der Waals surface area contributed by atoms with Crippen LogP contribution in [0, 0.1) is 12.8 Å². The number of rotatable bonds is 10. The van der Waals surface area contributed by atoms with Crippen LogP contribution in [-0.4, -0.2) is 42.0 Å². The van der Waals surface area contributed by atoms with Gasteiger partial charge in [-0.3, -0.25) is 9.67 Å². The molecule has 0 spiro atoms. The minimum atomic E-state index is 0.364. The molecule has 142 valence electrons. The predicted octanol–water partition coefficient (Wildman–Crippen LogP) is 2.60. The van der Waals surface area contributed by atoms with Gasteiger partial charge in [-0.2, -0.15) is 5.10 Å². The van der Waals surface area contributed by atoms with E-state index in [0.717, 1.165) is 32.1 Å². The van der Waals surface area contributed by atoms with Crippen molar-refractivity contribution in [3.05, 3.63) is 53.9 Å². The van der Waals surface area contributed by atoms with Crippen LogP contribution < -0.4 is 10.6 Å². The summed E-state index contributed by atoms with van der Waals surface area (Å²) in [5.74, 6) is 1.20. The number of aromatic nitrogens is 2. The molecular formula is C20H31N5O. The van der Waals surface area contributed by atoms with Gasteiger partial charge in [0.2, 0.25) is 0 Å². The standard InChI is InChI=1S/C20H31N5O/c1-4-21-20(22-10-11-25-14-17(2)13-24-25)23-12-18(3)15-26-16-19-8-6-5-7-9-19/h5-9,13-14,18H,4,10-12,15-16H2,1-3H3,(H2,21,22,23). The Kier molecular flexibility index (Phi) is 8.69. The lowest BCUT2D eigenvalue weighted by atomic mass is 10.2. The van der Waals surface area contributed by atoms with Gasteiger partial charge in [-0.05, 0) is 30.9 Å². The summed E-state index contributed by atoms with van der Waals surface area (Å²) in [7, 11) is 0. The van der Waals surface area contributed by atoms with Crippen molar-refractivity contribution in [3.63, 3.8) is 0 Å². The van der Waals surface area contributed by atoms with Crippen molar-refractivity contribution >= 4 is 5.96 Å². The highest BCUT2D eigenvalue weighted by atomic mass is 16.5. The van der Waals surface area contributed by atoms with Gasteiger partial charge in [-0.1, -0.05) is 37.3 Å². The Morgan fingerprint density at radius 3 is 2.77 bits per heavy atom. The van der Waals surface area contributed by atoms with Gasteiger partial charge in [0.1, 0.15) is 0 Å². The fourth-order valence-corrected chi connectivity index (χ4v) is 2.47. The van der Waals surface area contributed by atoms with Crippen molar-refractivity contribution in [1.82, 2.24) is 20.4 Å². The summed E-state index contributed by atoms with van der Waals surface area (Å²) in [4.78, 5) is 4.66. The highest BCUT2D eigenvalue weighted by Crippen LogP contribution is 2.03. The maximum Gasteiger partial charge on any atom is 0.191 e. The fourth-order valence-electron chi connectivity index (χ4n) is 2.47. The fraction of sp³-hybridized carbons (Fsp3) is 0.500. The van der Waals surface area contributed by atoms with Crippen LogP contribution in [0.1, 0.15) is 25.0 Å². The van der Waals surface area contributed by atoms with E-state index in [1.54, 1.807) is 0 Å². The molecule has 0 amide bonds. The highest BCUT2D eigenvalue weighted by Gasteiger charge is 2.04. The number of aliphatic imine (C=N–C) groups is 1. The minimum Gasteiger partial charge on any atom is -0.376 e. The lowest BCUT2D eigenvalue weighted by molar-refractivity contribution is 0.0945. The molecule has 6 nitrogen and oxygen atoms in total. The van der Waals surface area contributed by atoms with E-state index in [1.807, 2.05) is 42.2 Å². The summed E-state index contributed by atoms with van der Waals surface area (Å²) in [6.45, 7) is 10.8. The topological polar surface area (TPSA) is 63.5 Å². The van der Waals surface area contributed by atoms with Gasteiger partial charge in [-0.15, -0.1) is 0 Å². The minimum absolute atomic E-state index is 0.364. The first-order valence-corrected chi connectivity index (χ1v) is 9.30. The Morgan fingerprint density at radius 2 is 2.08 bits per heavy atom. The first-order chi connectivity index (χ1) is 12.7. The zero-order valence-electron chi connectivity index (χ0n) is 16.1. The Labute approximate surface area is 156 Å². The second kappa shape index (κ2) is 11.3. The summed E-state index contributed by atoms with van der Waals surface area (Å²) in [5, 5.41) is 10.9. The average Bonchev–Trinajstić information content (AvgIpc) is 3.06. The average molecular weight is 358 g/mol. The zero-order chi connectivity index (χ0) is 18.6. The van der Waals surface area contributed by atoms with Crippen LogP contribution >= 0.6 is 0 Å². The summed E-state index contributed by atoms with van der Waals surface area (Å²) in [6.07, 6.45) is 3.91. The smallest absolute Gasteiger partial charge is 0.191 e. The third-order valence-electron chi connectivity index (χ3n) is 3.81. The van der Waals surface area contributed by atoms with Gasteiger partial charge in [0, 0.05) is 25.8 Å². The predicted molar refractivity (Wildman–Crippen MR) is 106 cm³/mol. The molecule has 6 heteroatoms. The van der Waals surface area contributed by atoms with E-state index < -0.39 is 0 Å². The molecule has 0 radical (unpaired) electrons. The molecule has 0 bridgehead atoms. The first kappa shape index (κ1) is 20.0. The Morgan fingerprint density at radius 1 is 1.27 bits per heavy atom. The Hall–Kier alpha value is -2.34. The Balaban J connectivity index is 1.68. The molecule has 0 saturated heterocycles. The van der Waals surface area contributed by atoms with Crippen LogP contribution in [0.2, 0.25) is 0 Å². The molecule has 1 unspecified atom stereocenters. The number of aryl methyl sites for hydroxylation is 1. The summed E-state index contributed by atoms with van der Waals surface area (Å²) in [6, 6.07) is 10.2. The lowest BCUT2D eigenvalue weighted by Gasteiger charge is -2.14. The van der Waals surface area contributed by atoms with E-state index in [2.05, 4.69) is 46.7 Å². The van der Waals surface area contributed by atoms with Gasteiger partial charge in [0.15, 0.2) is 5.96 Å². The van der Waals surface area contributed by atoms with E-state index in [0.29, 0.717) is 19.1 Å². The number of hydrogen-bond acceptors (Lipinski definition) is 3. The molecule has 2 aromatic rings. The maximum atomic E-state index is 5.79. The zero-order valence-corrected chi connectivity index (χ0v) is 16.1. The molecule has 1 aromatic heterocycles. The third-order valence-corrected chi connectivity index (χ3v) is 3.81. The third kappa shape index (κ3) is 7.70. The van der Waals surface area contributed by atoms with E-state index in [-0.39, 0.29) is 0 Å². The van der Waals surface area contributed by atoms with E-state index in [1.165, 1.54) is 11.1 Å². The largest absolute Gasteiger partial charge is 0.376 e. The van der Waals surface area contributed by atoms with Crippen molar-refractivity contribution in [2.75, 3.05) is 26.2 Å². The number of guanidine groups is 1. The number of nitrogens with zero attached hydrogens (tertiary/aromatic N) is 3. The van der Waals surface area contributed by atoms with E-state index >= 15 is 0 Å². The molecule has 0 saturated carbocycles. The van der Waals surface area contributed by atoms with Crippen molar-refractivity contribution < 1.29 is 4.74 Å². The molecule has 1 aromatic carbocycles. The number of ether oxygens (including phenoxy) is 1. The molecular weight excluding hydrogens is 326 g/mol. The molecule has 2 N–H and O–H groups in total. The molecule has 1 atom stereocenters. The highest BCUT2D eigenvalue weighted by molar-refractivity contribution is 5.79. The second-order valence-corrected chi connectivity index (χ2v) is 6.53. The molecule has 26 heavy (non-hydrogen) atoms. The van der Waals surface area contributed by atoms with Crippen LogP contribution in [0.5, 0.6) is 0 Å². The van der Waals surface area contributed by atoms with Crippen molar-refractivity contribution in [1.29, 1.82) is 0 Å². The molecule has 0 aliphatic rings. The molecule has 0 aliphatic heterocycles.